The predicted molar refractivity (Wildman–Crippen MR) is 69.8 cm³/mol. The van der Waals surface area contributed by atoms with Crippen LogP contribution < -0.4 is 0 Å². The number of carbonyl (C=O) groups is 1. The molecule has 0 radical (unpaired) electrons. The van der Waals surface area contributed by atoms with E-state index in [0.29, 0.717) is 0 Å². The Bertz CT molecular complexity index is 251. The summed E-state index contributed by atoms with van der Waals surface area (Å²) in [7, 11) is 0. The van der Waals surface area contributed by atoms with Crippen molar-refractivity contribution in [3.05, 3.63) is 11.6 Å². The second-order valence-corrected chi connectivity index (χ2v) is 22.9. The molecule has 0 unspecified atom stereocenters. The van der Waals surface area contributed by atoms with Gasteiger partial charge in [0.2, 0.25) is 0 Å². The van der Waals surface area contributed by atoms with Crippen molar-refractivity contribution in [3.8, 4) is 0 Å². The molecule has 0 aromatic carbocycles. The van der Waals surface area contributed by atoms with Crippen molar-refractivity contribution in [2.75, 3.05) is 0 Å². The van der Waals surface area contributed by atoms with Gasteiger partial charge in [-0.2, -0.15) is 0 Å². The van der Waals surface area contributed by atoms with Crippen molar-refractivity contribution in [2.24, 2.45) is 0 Å². The number of rotatable bonds is 5. The van der Waals surface area contributed by atoms with Gasteiger partial charge in [-0.1, -0.05) is 0 Å². The van der Waals surface area contributed by atoms with Crippen LogP contribution in [-0.2, 0) is 7.48 Å². The van der Waals surface area contributed by atoms with Crippen molar-refractivity contribution in [1.82, 2.24) is 0 Å². The van der Waals surface area contributed by atoms with E-state index in [1.807, 2.05) is 0 Å². The predicted octanol–water partition coefficient (Wildman–Crippen LogP) is 4.04. The number of hydrogen-bond acceptors (Lipinski definition) is 2. The molecular formula is C13H24O2Pb. The fraction of sp³-hybridized carbons (Fsp3) is 0.769. The number of allylic oxidation sites excluding steroid dienone is 1. The van der Waals surface area contributed by atoms with Gasteiger partial charge in [-0.15, -0.1) is 0 Å². The minimum absolute atomic E-state index is 0.0379. The second kappa shape index (κ2) is 6.77. The fourth-order valence-corrected chi connectivity index (χ4v) is 11.8. The van der Waals surface area contributed by atoms with Crippen LogP contribution in [0.5, 0.6) is 0 Å². The van der Waals surface area contributed by atoms with Gasteiger partial charge in [-0.05, 0) is 0 Å². The Labute approximate surface area is 105 Å². The summed E-state index contributed by atoms with van der Waals surface area (Å²) in [6.45, 7) is 6.56. The summed E-state index contributed by atoms with van der Waals surface area (Å²) < 4.78 is 9.21. The zero-order valence-electron chi connectivity index (χ0n) is 10.8. The monoisotopic (exact) mass is 420 g/mol. The van der Waals surface area contributed by atoms with Crippen molar-refractivity contribution < 1.29 is 7.48 Å². The van der Waals surface area contributed by atoms with Crippen LogP contribution in [-0.4, -0.2) is 27.6 Å². The molecule has 0 bridgehead atoms. The van der Waals surface area contributed by atoms with Crippen LogP contribution in [0.3, 0.4) is 0 Å². The van der Waals surface area contributed by atoms with Crippen LogP contribution in [0, 0.1) is 0 Å². The Morgan fingerprint density at radius 2 is 1.69 bits per heavy atom. The SMILES string of the molecule is C[CH2][Pb]([CH2]C)([CH2]C)[O]C(=O)C=C1CCCC1. The maximum absolute atomic E-state index is 11.8. The van der Waals surface area contributed by atoms with Crippen molar-refractivity contribution >= 4 is 27.6 Å². The molecule has 0 amide bonds. The van der Waals surface area contributed by atoms with E-state index in [4.69, 9.17) is 2.69 Å². The van der Waals surface area contributed by atoms with Gasteiger partial charge in [0.1, 0.15) is 0 Å². The summed E-state index contributed by atoms with van der Waals surface area (Å²) in [6.07, 6.45) is 6.46. The Kier molecular flexibility index (Phi) is 6.00. The van der Waals surface area contributed by atoms with Crippen LogP contribution in [0.4, 0.5) is 0 Å². The molecule has 1 aliphatic carbocycles. The van der Waals surface area contributed by atoms with Crippen molar-refractivity contribution in [2.45, 2.75) is 58.4 Å². The Balaban J connectivity index is 2.57. The molecule has 0 saturated heterocycles. The Morgan fingerprint density at radius 3 is 2.12 bits per heavy atom. The summed E-state index contributed by atoms with van der Waals surface area (Å²) >= 11 is -2.65. The molecular weight excluding hydrogens is 395 g/mol. The van der Waals surface area contributed by atoms with Crippen molar-refractivity contribution in [1.29, 1.82) is 0 Å². The van der Waals surface area contributed by atoms with E-state index in [2.05, 4.69) is 20.8 Å². The first-order valence-electron chi connectivity index (χ1n) is 6.58. The normalized spacial score (nSPS) is 16.3. The van der Waals surface area contributed by atoms with E-state index in [9.17, 15) is 4.79 Å². The molecule has 0 atom stereocenters. The van der Waals surface area contributed by atoms with Gasteiger partial charge < -0.3 is 0 Å². The third-order valence-corrected chi connectivity index (χ3v) is 21.3. The molecule has 0 aromatic heterocycles. The van der Waals surface area contributed by atoms with Gasteiger partial charge >= 0.3 is 105 Å². The summed E-state index contributed by atoms with van der Waals surface area (Å²) in [5, 5.41) is 0. The van der Waals surface area contributed by atoms with Gasteiger partial charge in [0, 0.05) is 0 Å². The molecule has 1 aliphatic rings. The first-order valence-corrected chi connectivity index (χ1v) is 16.4. The number of hydrogen-bond donors (Lipinski definition) is 0. The molecule has 16 heavy (non-hydrogen) atoms. The zero-order valence-corrected chi connectivity index (χ0v) is 14.7. The second-order valence-electron chi connectivity index (χ2n) is 4.67. The van der Waals surface area contributed by atoms with Crippen LogP contribution >= 0.6 is 0 Å². The fourth-order valence-electron chi connectivity index (χ4n) is 2.35. The quantitative estimate of drug-likeness (QED) is 0.497. The average molecular weight is 420 g/mol. The van der Waals surface area contributed by atoms with E-state index in [1.54, 1.807) is 6.08 Å². The molecule has 2 nitrogen and oxygen atoms in total. The molecule has 0 N–H and O–H groups in total. The standard InChI is InChI=1S/C7H10O2.3C2H5.Pb/c8-7(9)5-6-3-1-2-4-6;3*1-2;/h5H,1-4H2,(H,8,9);3*1H2,2H3;/q;;;;+1/p-1. The van der Waals surface area contributed by atoms with Gasteiger partial charge in [0.15, 0.2) is 0 Å². The minimum atomic E-state index is -2.65. The summed E-state index contributed by atoms with van der Waals surface area (Å²) in [6, 6.07) is 0. The van der Waals surface area contributed by atoms with E-state index in [-0.39, 0.29) is 5.97 Å². The molecule has 0 heterocycles. The molecule has 0 spiro atoms. The molecule has 1 rings (SSSR count). The summed E-state index contributed by atoms with van der Waals surface area (Å²) in [4.78, 5) is 11.8. The van der Waals surface area contributed by atoms with Crippen LogP contribution in [0.25, 0.3) is 0 Å². The molecule has 1 saturated carbocycles. The van der Waals surface area contributed by atoms with Crippen LogP contribution in [0.1, 0.15) is 46.5 Å². The van der Waals surface area contributed by atoms with E-state index in [1.165, 1.54) is 18.4 Å². The van der Waals surface area contributed by atoms with Crippen LogP contribution in [0.15, 0.2) is 11.6 Å². The summed E-state index contributed by atoms with van der Waals surface area (Å²) in [5.74, 6) is -0.0379. The van der Waals surface area contributed by atoms with Crippen LogP contribution in [0.2, 0.25) is 11.9 Å². The van der Waals surface area contributed by atoms with E-state index >= 15 is 0 Å². The summed E-state index contributed by atoms with van der Waals surface area (Å²) in [5.41, 5.74) is 1.30. The van der Waals surface area contributed by atoms with Gasteiger partial charge in [-0.25, -0.2) is 0 Å². The van der Waals surface area contributed by atoms with E-state index < -0.39 is 21.6 Å². The molecule has 1 fully saturated rings. The third kappa shape index (κ3) is 3.86. The number of carbonyl (C=O) groups excluding carboxylic acids is 1. The maximum atomic E-state index is 11.8. The Hall–Kier alpha value is 0.132. The van der Waals surface area contributed by atoms with E-state index in [0.717, 1.165) is 24.8 Å². The first-order chi connectivity index (χ1) is 7.65. The topological polar surface area (TPSA) is 26.3 Å². The molecule has 92 valence electrons. The zero-order chi connectivity index (χ0) is 12.0. The average Bonchev–Trinajstić information content (AvgIpc) is 2.79. The van der Waals surface area contributed by atoms with Crippen molar-refractivity contribution in [3.63, 3.8) is 0 Å². The van der Waals surface area contributed by atoms with Gasteiger partial charge in [0.05, 0.1) is 0 Å². The molecule has 3 heteroatoms. The van der Waals surface area contributed by atoms with Gasteiger partial charge in [-0.3, -0.25) is 0 Å². The van der Waals surface area contributed by atoms with Gasteiger partial charge in [0.25, 0.3) is 0 Å². The third-order valence-electron chi connectivity index (χ3n) is 3.82. The molecule has 0 aromatic rings. The first kappa shape index (κ1) is 14.2. The Morgan fingerprint density at radius 1 is 1.19 bits per heavy atom. The molecule has 0 aliphatic heterocycles.